The maximum absolute atomic E-state index is 13.7. The van der Waals surface area contributed by atoms with E-state index >= 15 is 0 Å². The van der Waals surface area contributed by atoms with Gasteiger partial charge >= 0.3 is 4.87 Å². The molecule has 7 heteroatoms. The van der Waals surface area contributed by atoms with E-state index in [0.717, 1.165) is 38.4 Å². The maximum atomic E-state index is 13.7. The Bertz CT molecular complexity index is 815. The highest BCUT2D eigenvalue weighted by molar-refractivity contribution is 7.07. The van der Waals surface area contributed by atoms with E-state index in [9.17, 15) is 9.18 Å². The minimum absolute atomic E-state index is 0.0876. The third kappa shape index (κ3) is 3.35. The summed E-state index contributed by atoms with van der Waals surface area (Å²) in [5.74, 6) is -0.468. The van der Waals surface area contributed by atoms with Crippen molar-refractivity contribution < 1.29 is 4.39 Å². The first kappa shape index (κ1) is 16.7. The van der Waals surface area contributed by atoms with E-state index < -0.39 is 5.82 Å². The summed E-state index contributed by atoms with van der Waals surface area (Å²) in [7, 11) is 0. The smallest absolute Gasteiger partial charge is 0.307 e. The fraction of sp³-hybridized carbons (Fsp3) is 0.412. The number of hydrogen-bond acceptors (Lipinski definition) is 5. The van der Waals surface area contributed by atoms with Crippen LogP contribution in [0.4, 0.5) is 10.1 Å². The van der Waals surface area contributed by atoms with Gasteiger partial charge in [-0.3, -0.25) is 9.69 Å². The lowest BCUT2D eigenvalue weighted by Crippen LogP contribution is -2.47. The largest absolute Gasteiger partial charge is 0.368 e. The molecule has 1 aliphatic rings. The van der Waals surface area contributed by atoms with E-state index in [1.165, 1.54) is 17.4 Å². The molecule has 5 nitrogen and oxygen atoms in total. The molecule has 1 fully saturated rings. The predicted molar refractivity (Wildman–Crippen MR) is 93.1 cm³/mol. The normalized spacial score (nSPS) is 15.5. The van der Waals surface area contributed by atoms with Crippen molar-refractivity contribution in [2.45, 2.75) is 13.5 Å². The molecule has 1 saturated heterocycles. The Labute approximate surface area is 144 Å². The van der Waals surface area contributed by atoms with Gasteiger partial charge in [-0.05, 0) is 19.1 Å². The van der Waals surface area contributed by atoms with Crippen LogP contribution in [-0.2, 0) is 6.54 Å². The highest BCUT2D eigenvalue weighted by Crippen LogP contribution is 2.23. The SMILES string of the molecule is Cc1csc(=O)n1CCN1CCN(c2cccc(F)c2C#N)CC1. The first-order valence-corrected chi connectivity index (χ1v) is 8.79. The second-order valence-electron chi connectivity index (χ2n) is 5.87. The number of rotatable bonds is 4. The Hall–Kier alpha value is -2.17. The van der Waals surface area contributed by atoms with E-state index in [-0.39, 0.29) is 10.4 Å². The van der Waals surface area contributed by atoms with Crippen LogP contribution in [0.1, 0.15) is 11.3 Å². The molecule has 24 heavy (non-hydrogen) atoms. The van der Waals surface area contributed by atoms with Crippen molar-refractivity contribution in [2.24, 2.45) is 0 Å². The van der Waals surface area contributed by atoms with Crippen LogP contribution < -0.4 is 9.77 Å². The number of aromatic nitrogens is 1. The molecule has 2 heterocycles. The van der Waals surface area contributed by atoms with Crippen molar-refractivity contribution in [3.63, 3.8) is 0 Å². The zero-order valence-corrected chi connectivity index (χ0v) is 14.4. The Balaban J connectivity index is 1.60. The van der Waals surface area contributed by atoms with E-state index in [1.807, 2.05) is 18.4 Å². The number of nitriles is 1. The lowest BCUT2D eigenvalue weighted by atomic mass is 10.1. The summed E-state index contributed by atoms with van der Waals surface area (Å²) in [5, 5.41) is 11.0. The van der Waals surface area contributed by atoms with Crippen LogP contribution in [0.25, 0.3) is 0 Å². The van der Waals surface area contributed by atoms with E-state index in [2.05, 4.69) is 9.80 Å². The molecular formula is C17H19FN4OS. The van der Waals surface area contributed by atoms with Crippen molar-refractivity contribution in [3.05, 3.63) is 50.3 Å². The van der Waals surface area contributed by atoms with Crippen molar-refractivity contribution in [2.75, 3.05) is 37.6 Å². The zero-order chi connectivity index (χ0) is 17.1. The third-order valence-corrected chi connectivity index (χ3v) is 5.31. The van der Waals surface area contributed by atoms with E-state index in [1.54, 1.807) is 16.7 Å². The predicted octanol–water partition coefficient (Wildman–Crippen LogP) is 2.05. The number of halogens is 1. The second-order valence-corrected chi connectivity index (χ2v) is 6.69. The lowest BCUT2D eigenvalue weighted by Gasteiger charge is -2.36. The van der Waals surface area contributed by atoms with Gasteiger partial charge in [0.15, 0.2) is 0 Å². The van der Waals surface area contributed by atoms with Crippen molar-refractivity contribution in [1.29, 1.82) is 5.26 Å². The van der Waals surface area contributed by atoms with Crippen molar-refractivity contribution >= 4 is 17.0 Å². The number of piperazine rings is 1. The fourth-order valence-corrected chi connectivity index (χ4v) is 3.78. The molecule has 0 unspecified atom stereocenters. The minimum Gasteiger partial charge on any atom is -0.368 e. The van der Waals surface area contributed by atoms with Gasteiger partial charge < -0.3 is 9.47 Å². The Morgan fingerprint density at radius 1 is 1.25 bits per heavy atom. The molecule has 2 aromatic rings. The van der Waals surface area contributed by atoms with Gasteiger partial charge in [0, 0.05) is 50.3 Å². The monoisotopic (exact) mass is 346 g/mol. The van der Waals surface area contributed by atoms with Crippen LogP contribution >= 0.6 is 11.3 Å². The first-order valence-electron chi connectivity index (χ1n) is 7.91. The van der Waals surface area contributed by atoms with Gasteiger partial charge in [-0.2, -0.15) is 5.26 Å². The number of nitrogens with zero attached hydrogens (tertiary/aromatic N) is 4. The quantitative estimate of drug-likeness (QED) is 0.850. The maximum Gasteiger partial charge on any atom is 0.307 e. The molecule has 0 atom stereocenters. The summed E-state index contributed by atoms with van der Waals surface area (Å²) in [4.78, 5) is 16.2. The summed E-state index contributed by atoms with van der Waals surface area (Å²) in [6, 6.07) is 6.72. The number of anilines is 1. The third-order valence-electron chi connectivity index (χ3n) is 4.43. The standard InChI is InChI=1S/C17H19FN4OS/c1-13-12-24-17(23)22(13)10-7-20-5-8-21(9-6-20)16-4-2-3-15(18)14(16)11-19/h2-4,12H,5-10H2,1H3. The average Bonchev–Trinajstić information content (AvgIpc) is 2.91. The Morgan fingerprint density at radius 3 is 2.62 bits per heavy atom. The summed E-state index contributed by atoms with van der Waals surface area (Å²) in [6.45, 7) is 6.62. The van der Waals surface area contributed by atoms with Crippen LogP contribution in [0.2, 0.25) is 0 Å². The van der Waals surface area contributed by atoms with Gasteiger partial charge in [0.25, 0.3) is 0 Å². The molecule has 1 aromatic carbocycles. The Morgan fingerprint density at radius 2 is 2.00 bits per heavy atom. The molecule has 0 bridgehead atoms. The van der Waals surface area contributed by atoms with Crippen molar-refractivity contribution in [1.82, 2.24) is 9.47 Å². The van der Waals surface area contributed by atoms with Gasteiger partial charge in [-0.15, -0.1) is 0 Å². The number of benzene rings is 1. The summed E-state index contributed by atoms with van der Waals surface area (Å²) in [5.41, 5.74) is 1.79. The molecule has 0 radical (unpaired) electrons. The highest BCUT2D eigenvalue weighted by atomic mass is 32.1. The van der Waals surface area contributed by atoms with Gasteiger partial charge in [-0.25, -0.2) is 4.39 Å². The van der Waals surface area contributed by atoms with Gasteiger partial charge in [0.1, 0.15) is 17.4 Å². The Kier molecular flexibility index (Phi) is 4.97. The minimum atomic E-state index is -0.468. The molecule has 126 valence electrons. The molecule has 0 aliphatic carbocycles. The van der Waals surface area contributed by atoms with Crippen LogP contribution in [0.15, 0.2) is 28.4 Å². The molecular weight excluding hydrogens is 327 g/mol. The number of hydrogen-bond donors (Lipinski definition) is 0. The van der Waals surface area contributed by atoms with E-state index in [4.69, 9.17) is 5.26 Å². The van der Waals surface area contributed by atoms with E-state index in [0.29, 0.717) is 12.2 Å². The molecule has 0 saturated carbocycles. The molecule has 0 spiro atoms. The lowest BCUT2D eigenvalue weighted by molar-refractivity contribution is 0.247. The van der Waals surface area contributed by atoms with Crippen molar-refractivity contribution in [3.8, 4) is 6.07 Å². The summed E-state index contributed by atoms with van der Waals surface area (Å²) >= 11 is 1.24. The number of thiazole rings is 1. The molecule has 1 aliphatic heterocycles. The summed E-state index contributed by atoms with van der Waals surface area (Å²) in [6.07, 6.45) is 0. The first-order chi connectivity index (χ1) is 11.6. The van der Waals surface area contributed by atoms with Gasteiger partial charge in [-0.1, -0.05) is 17.4 Å². The zero-order valence-electron chi connectivity index (χ0n) is 13.5. The fourth-order valence-electron chi connectivity index (χ4n) is 3.02. The van der Waals surface area contributed by atoms with Gasteiger partial charge in [0.2, 0.25) is 0 Å². The van der Waals surface area contributed by atoms with Gasteiger partial charge in [0.05, 0.1) is 5.69 Å². The summed E-state index contributed by atoms with van der Waals surface area (Å²) < 4.78 is 15.5. The highest BCUT2D eigenvalue weighted by Gasteiger charge is 2.20. The van der Waals surface area contributed by atoms with Crippen LogP contribution in [0.3, 0.4) is 0 Å². The topological polar surface area (TPSA) is 52.3 Å². The second kappa shape index (κ2) is 7.16. The number of aryl methyl sites for hydroxylation is 1. The molecule has 0 amide bonds. The van der Waals surface area contributed by atoms with Crippen LogP contribution in [-0.4, -0.2) is 42.2 Å². The van der Waals surface area contributed by atoms with Crippen LogP contribution in [0, 0.1) is 24.1 Å². The molecule has 1 aromatic heterocycles. The average molecular weight is 346 g/mol. The van der Waals surface area contributed by atoms with Crippen LogP contribution in [0.5, 0.6) is 0 Å². The molecule has 0 N–H and O–H groups in total. The molecule has 3 rings (SSSR count).